The van der Waals surface area contributed by atoms with E-state index in [4.69, 9.17) is 16.2 Å². The number of carboxylic acid groups (broad SMARTS) is 2. The number of methoxy groups -OCH3 is 1. The summed E-state index contributed by atoms with van der Waals surface area (Å²) in [5.41, 5.74) is 13.3. The van der Waals surface area contributed by atoms with E-state index in [1.54, 1.807) is 34.8 Å². The molecular weight excluding hydrogens is 783 g/mol. The molecule has 3 aliphatic rings. The molecule has 3 aromatic carbocycles. The number of nitrogens with one attached hydrogen (secondary N) is 2. The quantitative estimate of drug-likeness (QED) is 0.127. The summed E-state index contributed by atoms with van der Waals surface area (Å²) in [6.45, 7) is 7.45. The van der Waals surface area contributed by atoms with Crippen LogP contribution in [0.15, 0.2) is 72.8 Å². The maximum atomic E-state index is 13.9. The van der Waals surface area contributed by atoms with E-state index in [1.165, 1.54) is 9.80 Å². The molecule has 0 aliphatic carbocycles. The Hall–Kier alpha value is -6.32. The van der Waals surface area contributed by atoms with Gasteiger partial charge in [0.15, 0.2) is 0 Å². The van der Waals surface area contributed by atoms with E-state index >= 15 is 0 Å². The third-order valence-electron chi connectivity index (χ3n) is 12.8. The first-order valence-electron chi connectivity index (χ1n) is 20.8. The predicted molar refractivity (Wildman–Crippen MR) is 226 cm³/mol. The largest absolute Gasteiger partial charge is 0.497 e. The maximum Gasteiger partial charge on any atom is 0.405 e. The molecule has 16 nitrogen and oxygen atoms in total. The Bertz CT molecular complexity index is 2000. The van der Waals surface area contributed by atoms with Crippen LogP contribution in [0.1, 0.15) is 101 Å². The molecule has 326 valence electrons. The summed E-state index contributed by atoms with van der Waals surface area (Å²) < 4.78 is 5.46. The third-order valence-corrected chi connectivity index (χ3v) is 12.8. The van der Waals surface area contributed by atoms with Crippen LogP contribution < -0.4 is 31.7 Å². The Morgan fingerprint density at radius 2 is 1.02 bits per heavy atom. The molecule has 3 aliphatic heterocycles. The fourth-order valence-corrected chi connectivity index (χ4v) is 9.80. The van der Waals surface area contributed by atoms with E-state index in [0.29, 0.717) is 42.6 Å². The zero-order valence-electron chi connectivity index (χ0n) is 35.3. The molecule has 3 saturated heterocycles. The van der Waals surface area contributed by atoms with Crippen LogP contribution in [0.2, 0.25) is 0 Å². The van der Waals surface area contributed by atoms with Gasteiger partial charge in [0, 0.05) is 18.8 Å². The van der Waals surface area contributed by atoms with Crippen LogP contribution in [0.3, 0.4) is 0 Å². The van der Waals surface area contributed by atoms with Crippen LogP contribution >= 0.6 is 0 Å². The number of anilines is 1. The van der Waals surface area contributed by atoms with Crippen LogP contribution in [0, 0.1) is 11.8 Å². The van der Waals surface area contributed by atoms with Crippen LogP contribution in [0.4, 0.5) is 15.3 Å². The fourth-order valence-electron chi connectivity index (χ4n) is 9.80. The van der Waals surface area contributed by atoms with E-state index in [1.807, 2.05) is 72.8 Å². The van der Waals surface area contributed by atoms with Crippen molar-refractivity contribution in [1.29, 1.82) is 0 Å². The number of hydrogen-bond acceptors (Lipinski definition) is 8. The van der Waals surface area contributed by atoms with Gasteiger partial charge in [-0.05, 0) is 96.9 Å². The van der Waals surface area contributed by atoms with Gasteiger partial charge in [-0.2, -0.15) is 0 Å². The molecule has 3 fully saturated rings. The SMILES string of the molecule is COc1ccc(N2C(c3ccc([C@]4(C(N)=O)CCCN4C(=O)[C@@H](NC(=O)O)C(C)C)cc3)CC[C@@H]2c2ccc([C@]3(C(N)=O)CCCN3C(=O)[C@@H](NC(=O)O)C(C)C)cc2)cc1. The van der Waals surface area contributed by atoms with Crippen molar-refractivity contribution < 1.29 is 43.7 Å². The number of hydrogen-bond donors (Lipinski definition) is 6. The average Bonchev–Trinajstić information content (AvgIpc) is 4.00. The first-order chi connectivity index (χ1) is 29.0. The van der Waals surface area contributed by atoms with Crippen LogP contribution in [0.5, 0.6) is 5.75 Å². The Balaban J connectivity index is 1.33. The van der Waals surface area contributed by atoms with E-state index in [0.717, 1.165) is 29.7 Å². The molecule has 3 heterocycles. The van der Waals surface area contributed by atoms with Crippen molar-refractivity contribution in [2.75, 3.05) is 25.1 Å². The molecule has 0 saturated carbocycles. The number of benzene rings is 3. The van der Waals surface area contributed by atoms with E-state index in [-0.39, 0.29) is 37.0 Å². The highest BCUT2D eigenvalue weighted by Crippen LogP contribution is 2.49. The van der Waals surface area contributed by atoms with E-state index < -0.39 is 59.0 Å². The monoisotopic (exact) mass is 839 g/mol. The van der Waals surface area contributed by atoms with Crippen molar-refractivity contribution in [2.45, 2.75) is 101 Å². The van der Waals surface area contributed by atoms with Gasteiger partial charge in [-0.15, -0.1) is 0 Å². The van der Waals surface area contributed by atoms with Crippen molar-refractivity contribution in [1.82, 2.24) is 20.4 Å². The van der Waals surface area contributed by atoms with Gasteiger partial charge in [0.1, 0.15) is 28.9 Å². The molecule has 3 aromatic rings. The molecule has 1 unspecified atom stereocenters. The highest BCUT2D eigenvalue weighted by atomic mass is 16.5. The number of carbonyl (C=O) groups excluding carboxylic acids is 4. The minimum absolute atomic E-state index is 0.127. The number of nitrogens with zero attached hydrogens (tertiary/aromatic N) is 3. The highest BCUT2D eigenvalue weighted by Gasteiger charge is 2.53. The van der Waals surface area contributed by atoms with Crippen molar-refractivity contribution in [3.63, 3.8) is 0 Å². The van der Waals surface area contributed by atoms with Crippen molar-refractivity contribution in [2.24, 2.45) is 23.3 Å². The topological polar surface area (TPSA) is 238 Å². The summed E-state index contributed by atoms with van der Waals surface area (Å²) in [4.78, 5) is 83.0. The van der Waals surface area contributed by atoms with Gasteiger partial charge in [0.2, 0.25) is 23.6 Å². The van der Waals surface area contributed by atoms with Crippen molar-refractivity contribution >= 4 is 41.5 Å². The number of amides is 6. The van der Waals surface area contributed by atoms with Gasteiger partial charge in [-0.3, -0.25) is 19.2 Å². The maximum absolute atomic E-state index is 13.9. The van der Waals surface area contributed by atoms with Crippen molar-refractivity contribution in [3.8, 4) is 5.75 Å². The fraction of sp³-hybridized carbons (Fsp3) is 0.467. The molecular formula is C45H57N7O9. The summed E-state index contributed by atoms with van der Waals surface area (Å²) in [6, 6.07) is 20.6. The standard InChI is InChI=1S/C45H57N7O9/c1-26(2)36(48-42(57)58)38(53)50-24-6-22-44(50,40(46)55)30-12-8-28(9-13-30)34-20-21-35(52(34)32-16-18-33(61-5)19-17-32)29-10-14-31(15-11-29)45(41(47)56)23-7-25-51(45)39(54)37(27(3)4)49-43(59)60/h8-19,26-27,34-37,48-49H,6-7,20-25H2,1-5H3,(H2,46,55)(H2,47,56)(H,57,58)(H,59,60)/t34-,35?,36+,37+,44+,45+/m1/s1. The summed E-state index contributed by atoms with van der Waals surface area (Å²) in [7, 11) is 1.60. The lowest BCUT2D eigenvalue weighted by atomic mass is 9.84. The molecule has 8 N–H and O–H groups in total. The first kappa shape index (κ1) is 44.2. The zero-order valence-corrected chi connectivity index (χ0v) is 35.3. The molecule has 0 spiro atoms. The van der Waals surface area contributed by atoms with Crippen molar-refractivity contribution in [3.05, 3.63) is 95.1 Å². The van der Waals surface area contributed by atoms with E-state index in [2.05, 4.69) is 15.5 Å². The molecule has 61 heavy (non-hydrogen) atoms. The number of ether oxygens (including phenoxy) is 1. The molecule has 0 bridgehead atoms. The van der Waals surface area contributed by atoms with Gasteiger partial charge in [0.25, 0.3) is 0 Å². The summed E-state index contributed by atoms with van der Waals surface area (Å²) >= 11 is 0. The molecule has 0 radical (unpaired) electrons. The molecule has 6 amide bonds. The van der Waals surface area contributed by atoms with Gasteiger partial charge in [0.05, 0.1) is 19.2 Å². The lowest BCUT2D eigenvalue weighted by Crippen LogP contribution is -2.59. The molecule has 6 rings (SSSR count). The molecule has 0 aromatic heterocycles. The number of carbonyl (C=O) groups is 6. The second-order valence-corrected chi connectivity index (χ2v) is 16.9. The first-order valence-corrected chi connectivity index (χ1v) is 20.8. The zero-order chi connectivity index (χ0) is 44.4. The van der Waals surface area contributed by atoms with Gasteiger partial charge >= 0.3 is 12.2 Å². The Labute approximate surface area is 355 Å². The van der Waals surface area contributed by atoms with Gasteiger partial charge < -0.3 is 51.8 Å². The second kappa shape index (κ2) is 17.7. The number of nitrogens with two attached hydrogens (primary N) is 2. The van der Waals surface area contributed by atoms with Crippen LogP contribution in [-0.4, -0.2) is 88.1 Å². The number of rotatable bonds is 14. The normalized spacial score (nSPS) is 23.5. The minimum atomic E-state index is -1.46. The third kappa shape index (κ3) is 8.14. The Morgan fingerprint density at radius 1 is 0.639 bits per heavy atom. The smallest absolute Gasteiger partial charge is 0.405 e. The minimum Gasteiger partial charge on any atom is -0.497 e. The van der Waals surface area contributed by atoms with E-state index in [9.17, 15) is 39.0 Å². The Kier molecular flexibility index (Phi) is 12.9. The summed E-state index contributed by atoms with van der Waals surface area (Å²) in [5.74, 6) is -2.43. The average molecular weight is 840 g/mol. The van der Waals surface area contributed by atoms with Gasteiger partial charge in [-0.1, -0.05) is 76.2 Å². The van der Waals surface area contributed by atoms with Crippen LogP contribution in [0.25, 0.3) is 0 Å². The number of primary amides is 2. The predicted octanol–water partition coefficient (Wildman–Crippen LogP) is 4.97. The van der Waals surface area contributed by atoms with Gasteiger partial charge in [-0.25, -0.2) is 9.59 Å². The molecule has 6 atom stereocenters. The second-order valence-electron chi connectivity index (χ2n) is 16.9. The highest BCUT2D eigenvalue weighted by molar-refractivity contribution is 5.96. The molecule has 16 heteroatoms. The Morgan fingerprint density at radius 3 is 1.33 bits per heavy atom. The van der Waals surface area contributed by atoms with Crippen LogP contribution in [-0.2, 0) is 30.3 Å². The summed E-state index contributed by atoms with van der Waals surface area (Å²) in [6.07, 6.45) is 0.456. The summed E-state index contributed by atoms with van der Waals surface area (Å²) in [5, 5.41) is 23.6. The number of likely N-dealkylation sites (tertiary alicyclic amines) is 2. The lowest BCUT2D eigenvalue weighted by molar-refractivity contribution is -0.146. The lowest BCUT2D eigenvalue weighted by Gasteiger charge is -2.39.